The Labute approximate surface area is 117 Å². The molecule has 0 spiro atoms. The lowest BCUT2D eigenvalue weighted by Gasteiger charge is -2.06. The number of ether oxygens (including phenoxy) is 1. The molecule has 0 aliphatic rings. The van der Waals surface area contributed by atoms with E-state index in [1.54, 1.807) is 17.1 Å². The van der Waals surface area contributed by atoms with Crippen LogP contribution in [0.15, 0.2) is 36.7 Å². The largest absolute Gasteiger partial charge is 0.490 e. The zero-order chi connectivity index (χ0) is 14.4. The monoisotopic (exact) mass is 274 g/mol. The highest BCUT2D eigenvalue weighted by Gasteiger charge is 2.04. The molecule has 106 valence electrons. The first kappa shape index (κ1) is 14.1. The Hall–Kier alpha value is -2.34. The van der Waals surface area contributed by atoms with E-state index in [0.29, 0.717) is 18.9 Å². The van der Waals surface area contributed by atoms with Gasteiger partial charge in [-0.25, -0.2) is 0 Å². The van der Waals surface area contributed by atoms with Crippen molar-refractivity contribution in [3.05, 3.63) is 42.2 Å². The van der Waals surface area contributed by atoms with Gasteiger partial charge >= 0.3 is 0 Å². The average Bonchev–Trinajstić information content (AvgIpc) is 2.85. The van der Waals surface area contributed by atoms with Crippen molar-refractivity contribution in [3.8, 4) is 5.75 Å². The van der Waals surface area contributed by atoms with Crippen LogP contribution < -0.4 is 15.8 Å². The van der Waals surface area contributed by atoms with Crippen molar-refractivity contribution in [3.63, 3.8) is 0 Å². The number of hydrogen-bond donors (Lipinski definition) is 2. The van der Waals surface area contributed by atoms with Gasteiger partial charge in [-0.15, -0.1) is 0 Å². The molecule has 0 aliphatic carbocycles. The Balaban J connectivity index is 1.74. The molecule has 6 heteroatoms. The third-order valence-corrected chi connectivity index (χ3v) is 2.75. The number of aromatic nitrogens is 2. The summed E-state index contributed by atoms with van der Waals surface area (Å²) in [5, 5.41) is 6.78. The van der Waals surface area contributed by atoms with Crippen LogP contribution in [-0.2, 0) is 18.4 Å². The third-order valence-electron chi connectivity index (χ3n) is 2.75. The van der Waals surface area contributed by atoms with Gasteiger partial charge in [-0.05, 0) is 17.7 Å². The Morgan fingerprint density at radius 1 is 1.40 bits per heavy atom. The predicted octanol–water partition coefficient (Wildman–Crippen LogP) is 1.29. The molecule has 1 aromatic carbocycles. The maximum atomic E-state index is 11.7. The molecule has 20 heavy (non-hydrogen) atoms. The van der Waals surface area contributed by atoms with Crippen molar-refractivity contribution in [1.29, 1.82) is 0 Å². The number of anilines is 1. The maximum Gasteiger partial charge on any atom is 0.227 e. The van der Waals surface area contributed by atoms with Crippen LogP contribution in [-0.4, -0.2) is 22.3 Å². The summed E-state index contributed by atoms with van der Waals surface area (Å²) >= 11 is 0. The number of hydrogen-bond acceptors (Lipinski definition) is 4. The fraction of sp³-hybridized carbons (Fsp3) is 0.286. The molecule has 0 saturated carbocycles. The maximum absolute atomic E-state index is 11.7. The number of aryl methyl sites for hydroxylation is 1. The summed E-state index contributed by atoms with van der Waals surface area (Å²) in [5.74, 6) is 0.571. The number of nitrogens with two attached hydrogens (primary N) is 1. The van der Waals surface area contributed by atoms with Crippen molar-refractivity contribution in [2.75, 3.05) is 11.9 Å². The summed E-state index contributed by atoms with van der Waals surface area (Å²) < 4.78 is 7.06. The lowest BCUT2D eigenvalue weighted by atomic mass is 10.2. The summed E-state index contributed by atoms with van der Waals surface area (Å²) in [6, 6.07) is 7.45. The first-order chi connectivity index (χ1) is 9.67. The highest BCUT2D eigenvalue weighted by atomic mass is 16.5. The van der Waals surface area contributed by atoms with Crippen LogP contribution in [0.4, 0.5) is 5.69 Å². The average molecular weight is 274 g/mol. The topological polar surface area (TPSA) is 82.2 Å². The summed E-state index contributed by atoms with van der Waals surface area (Å²) in [4.78, 5) is 11.7. The lowest BCUT2D eigenvalue weighted by molar-refractivity contribution is -0.116. The quantitative estimate of drug-likeness (QED) is 0.831. The first-order valence-electron chi connectivity index (χ1n) is 6.37. The molecule has 0 fully saturated rings. The molecule has 1 amide bonds. The van der Waals surface area contributed by atoms with Gasteiger partial charge in [0, 0.05) is 19.3 Å². The minimum atomic E-state index is -0.0885. The molecule has 0 radical (unpaired) electrons. The summed E-state index contributed by atoms with van der Waals surface area (Å²) in [7, 11) is 1.81. The molecule has 0 atom stereocenters. The zero-order valence-corrected chi connectivity index (χ0v) is 11.4. The fourth-order valence-electron chi connectivity index (χ4n) is 1.68. The molecule has 1 heterocycles. The Morgan fingerprint density at radius 3 is 2.75 bits per heavy atom. The van der Waals surface area contributed by atoms with E-state index in [2.05, 4.69) is 10.4 Å². The van der Waals surface area contributed by atoms with Gasteiger partial charge in [-0.2, -0.15) is 5.10 Å². The Kier molecular flexibility index (Phi) is 4.73. The van der Waals surface area contributed by atoms with E-state index in [0.717, 1.165) is 11.3 Å². The van der Waals surface area contributed by atoms with Crippen LogP contribution >= 0.6 is 0 Å². The van der Waals surface area contributed by atoms with Crippen LogP contribution in [0.5, 0.6) is 5.75 Å². The SMILES string of the molecule is Cn1cc(OCCC(=O)Nc2ccc(CN)cc2)cn1. The fourth-order valence-corrected chi connectivity index (χ4v) is 1.68. The van der Waals surface area contributed by atoms with Crippen molar-refractivity contribution in [2.24, 2.45) is 12.8 Å². The third kappa shape index (κ3) is 4.10. The number of carbonyl (C=O) groups excluding carboxylic acids is 1. The lowest BCUT2D eigenvalue weighted by Crippen LogP contribution is -2.15. The van der Waals surface area contributed by atoms with E-state index in [1.165, 1.54) is 0 Å². The van der Waals surface area contributed by atoms with Crippen molar-refractivity contribution in [1.82, 2.24) is 9.78 Å². The van der Waals surface area contributed by atoms with Gasteiger partial charge in [-0.1, -0.05) is 12.1 Å². The van der Waals surface area contributed by atoms with Crippen molar-refractivity contribution in [2.45, 2.75) is 13.0 Å². The second kappa shape index (κ2) is 6.72. The number of rotatable bonds is 6. The standard InChI is InChI=1S/C14H18N4O2/c1-18-10-13(9-16-18)20-7-6-14(19)17-12-4-2-11(8-15)3-5-12/h2-5,9-10H,6-8,15H2,1H3,(H,17,19). The molecular formula is C14H18N4O2. The molecule has 0 saturated heterocycles. The van der Waals surface area contributed by atoms with Crippen molar-refractivity contribution >= 4 is 11.6 Å². The molecule has 0 bridgehead atoms. The van der Waals surface area contributed by atoms with Crippen molar-refractivity contribution < 1.29 is 9.53 Å². The van der Waals surface area contributed by atoms with Gasteiger partial charge in [-0.3, -0.25) is 9.48 Å². The van der Waals surface area contributed by atoms with Crippen LogP contribution in [0.25, 0.3) is 0 Å². The Morgan fingerprint density at radius 2 is 2.15 bits per heavy atom. The summed E-state index contributed by atoms with van der Waals surface area (Å²) in [6.07, 6.45) is 3.65. The van der Waals surface area contributed by atoms with E-state index < -0.39 is 0 Å². The highest BCUT2D eigenvalue weighted by Crippen LogP contribution is 2.10. The number of nitrogens with one attached hydrogen (secondary N) is 1. The molecular weight excluding hydrogens is 256 g/mol. The van der Waals surface area contributed by atoms with Gasteiger partial charge in [0.1, 0.15) is 0 Å². The van der Waals surface area contributed by atoms with Crippen LogP contribution in [0.3, 0.4) is 0 Å². The number of amides is 1. The molecule has 0 unspecified atom stereocenters. The highest BCUT2D eigenvalue weighted by molar-refractivity contribution is 5.90. The smallest absolute Gasteiger partial charge is 0.227 e. The molecule has 2 rings (SSSR count). The summed E-state index contributed by atoms with van der Waals surface area (Å²) in [6.45, 7) is 0.811. The van der Waals surface area contributed by atoms with Gasteiger partial charge in [0.25, 0.3) is 0 Å². The van der Waals surface area contributed by atoms with Gasteiger partial charge in [0.15, 0.2) is 5.75 Å². The predicted molar refractivity (Wildman–Crippen MR) is 76.3 cm³/mol. The van der Waals surface area contributed by atoms with E-state index in [1.807, 2.05) is 31.3 Å². The zero-order valence-electron chi connectivity index (χ0n) is 11.4. The summed E-state index contributed by atoms with van der Waals surface area (Å²) in [5.41, 5.74) is 7.30. The first-order valence-corrected chi connectivity index (χ1v) is 6.37. The van der Waals surface area contributed by atoms with Gasteiger partial charge in [0.05, 0.1) is 25.4 Å². The van der Waals surface area contributed by atoms with Gasteiger partial charge < -0.3 is 15.8 Å². The van der Waals surface area contributed by atoms with E-state index >= 15 is 0 Å². The normalized spacial score (nSPS) is 10.3. The van der Waals surface area contributed by atoms with E-state index in [-0.39, 0.29) is 12.3 Å². The molecule has 1 aromatic heterocycles. The second-order valence-corrected chi connectivity index (χ2v) is 4.40. The molecule has 3 N–H and O–H groups in total. The molecule has 2 aromatic rings. The van der Waals surface area contributed by atoms with Gasteiger partial charge in [0.2, 0.25) is 5.91 Å². The van der Waals surface area contributed by atoms with Crippen LogP contribution in [0.2, 0.25) is 0 Å². The second-order valence-electron chi connectivity index (χ2n) is 4.40. The van der Waals surface area contributed by atoms with Crippen LogP contribution in [0, 0.1) is 0 Å². The Bertz CT molecular complexity index is 563. The number of benzene rings is 1. The van der Waals surface area contributed by atoms with E-state index in [9.17, 15) is 4.79 Å². The number of nitrogens with zero attached hydrogens (tertiary/aromatic N) is 2. The van der Waals surface area contributed by atoms with Crippen LogP contribution in [0.1, 0.15) is 12.0 Å². The minimum Gasteiger partial charge on any atom is -0.490 e. The molecule has 6 nitrogen and oxygen atoms in total. The minimum absolute atomic E-state index is 0.0885. The van der Waals surface area contributed by atoms with E-state index in [4.69, 9.17) is 10.5 Å². The molecule has 0 aliphatic heterocycles. The number of carbonyl (C=O) groups is 1.